The standard InChI is InChI=1S/C22H24B.C16H16O2S/c1-2-3-19-23(20-13-7-4-8-14-20,21-15-9-5-10-16-21)22-17-11-6-12-18-22;17-16(12-19)18-11-15(13-7-3-1-4-8-13)14-9-5-2-6-10-14/h4-18H,2-3,19H2,1H3;1-10,15,19H,11-12H2/q-1;/p+1. The molecule has 0 bridgehead atoms. The number of hydrogen-bond donors (Lipinski definition) is 0. The van der Waals surface area contributed by atoms with Gasteiger partial charge in [-0.3, -0.25) is 0 Å². The van der Waals surface area contributed by atoms with E-state index in [2.05, 4.69) is 135 Å². The maximum Gasteiger partial charge on any atom is 0.356 e. The highest BCUT2D eigenvalue weighted by Gasteiger charge is 2.28. The lowest BCUT2D eigenvalue weighted by atomic mass is 9.14. The fraction of sp³-hybridized carbons (Fsp3) is 0.184. The van der Waals surface area contributed by atoms with E-state index in [-0.39, 0.29) is 17.6 Å². The molecule has 0 saturated heterocycles. The lowest BCUT2D eigenvalue weighted by Crippen LogP contribution is -2.66. The van der Waals surface area contributed by atoms with Crippen molar-refractivity contribution in [3.8, 4) is 0 Å². The first-order chi connectivity index (χ1) is 20.7. The highest BCUT2D eigenvalue weighted by molar-refractivity contribution is 7.59. The van der Waals surface area contributed by atoms with Gasteiger partial charge in [0.1, 0.15) is 6.61 Å². The second kappa shape index (κ2) is 16.4. The van der Waals surface area contributed by atoms with Gasteiger partial charge in [0, 0.05) is 5.92 Å². The van der Waals surface area contributed by atoms with Crippen molar-refractivity contribution in [1.82, 2.24) is 0 Å². The Hall–Kier alpha value is -4.02. The predicted molar refractivity (Wildman–Crippen MR) is 184 cm³/mol. The van der Waals surface area contributed by atoms with Crippen molar-refractivity contribution < 1.29 is 9.53 Å². The Morgan fingerprint density at radius 3 is 1.31 bits per heavy atom. The Morgan fingerprint density at radius 2 is 0.976 bits per heavy atom. The van der Waals surface area contributed by atoms with Gasteiger partial charge in [0.15, 0.2) is 5.75 Å². The average molecular weight is 573 g/mol. The van der Waals surface area contributed by atoms with Crippen LogP contribution in [0.1, 0.15) is 36.8 Å². The van der Waals surface area contributed by atoms with Crippen LogP contribution >= 0.6 is 0 Å². The van der Waals surface area contributed by atoms with E-state index in [1.54, 1.807) is 0 Å². The van der Waals surface area contributed by atoms with Gasteiger partial charge in [-0.1, -0.05) is 171 Å². The average Bonchev–Trinajstić information content (AvgIpc) is 3.08. The third kappa shape index (κ3) is 8.05. The number of ether oxygens (including phenoxy) is 1. The second-order valence-corrected chi connectivity index (χ2v) is 11.0. The van der Waals surface area contributed by atoms with E-state index in [0.29, 0.717) is 6.61 Å². The summed E-state index contributed by atoms with van der Waals surface area (Å²) in [7, 11) is 0. The second-order valence-electron chi connectivity index (χ2n) is 10.7. The number of rotatable bonds is 11. The molecule has 214 valence electrons. The first-order valence-electron chi connectivity index (χ1n) is 14.9. The Morgan fingerprint density at radius 1 is 0.619 bits per heavy atom. The molecule has 5 aromatic rings. The molecular weight excluding hydrogens is 531 g/mol. The van der Waals surface area contributed by atoms with Crippen LogP contribution in [0.4, 0.5) is 0 Å². The Balaban J connectivity index is 0.000000197. The first kappa shape index (κ1) is 30.9. The molecule has 0 aromatic heterocycles. The number of carbonyl (C=O) groups excluding carboxylic acids is 1. The molecule has 0 saturated carbocycles. The lowest BCUT2D eigenvalue weighted by molar-refractivity contribution is -0.140. The smallest absolute Gasteiger partial charge is 0.356 e. The van der Waals surface area contributed by atoms with Gasteiger partial charge < -0.3 is 4.74 Å². The van der Waals surface area contributed by atoms with Gasteiger partial charge in [-0.05, 0) is 23.8 Å². The van der Waals surface area contributed by atoms with Crippen LogP contribution in [0.25, 0.3) is 0 Å². The molecule has 0 aliphatic rings. The molecule has 42 heavy (non-hydrogen) atoms. The van der Waals surface area contributed by atoms with Crippen molar-refractivity contribution >= 4 is 41.1 Å². The monoisotopic (exact) mass is 572 g/mol. The fourth-order valence-electron chi connectivity index (χ4n) is 5.92. The molecule has 0 aliphatic heterocycles. The molecular formula is C38H41BO2S. The molecule has 0 aliphatic carbocycles. The Bertz CT molecular complexity index is 1310. The minimum Gasteiger partial charge on any atom is -0.461 e. The van der Waals surface area contributed by atoms with Gasteiger partial charge in [0.2, 0.25) is 0 Å². The minimum absolute atomic E-state index is 0.0737. The van der Waals surface area contributed by atoms with E-state index in [0.717, 1.165) is 11.1 Å². The van der Waals surface area contributed by atoms with Gasteiger partial charge in [-0.25, -0.2) is 4.79 Å². The first-order valence-corrected chi connectivity index (χ1v) is 15.6. The van der Waals surface area contributed by atoms with Crippen LogP contribution in [-0.4, -0.2) is 24.5 Å². The maximum absolute atomic E-state index is 11.3. The summed E-state index contributed by atoms with van der Waals surface area (Å²) in [6.07, 6.45) is 2.73. The topological polar surface area (TPSA) is 26.3 Å². The Kier molecular flexibility index (Phi) is 12.1. The van der Waals surface area contributed by atoms with Crippen molar-refractivity contribution in [3.05, 3.63) is 163 Å². The molecule has 0 radical (unpaired) electrons. The van der Waals surface area contributed by atoms with Crippen LogP contribution in [0.5, 0.6) is 0 Å². The van der Waals surface area contributed by atoms with E-state index in [1.165, 1.54) is 35.6 Å². The number of unbranched alkanes of at least 4 members (excludes halogenated alkanes) is 1. The van der Waals surface area contributed by atoms with Gasteiger partial charge in [0.05, 0.1) is 6.15 Å². The summed E-state index contributed by atoms with van der Waals surface area (Å²) < 4.78 is 5.27. The largest absolute Gasteiger partial charge is 0.461 e. The fourth-order valence-corrected chi connectivity index (χ4v) is 6.02. The normalized spacial score (nSPS) is 10.9. The van der Waals surface area contributed by atoms with Crippen LogP contribution in [0.2, 0.25) is 6.32 Å². The molecule has 5 aromatic carbocycles. The van der Waals surface area contributed by atoms with Crippen LogP contribution in [0.15, 0.2) is 152 Å². The molecule has 0 heterocycles. The molecule has 0 unspecified atom stereocenters. The van der Waals surface area contributed by atoms with E-state index in [9.17, 15) is 4.79 Å². The molecule has 0 fully saturated rings. The number of carbonyl (C=O) groups is 1. The number of hydrogen-bond acceptors (Lipinski definition) is 2. The summed E-state index contributed by atoms with van der Waals surface area (Å²) in [5, 5.41) is 0. The van der Waals surface area contributed by atoms with Crippen LogP contribution in [0, 0.1) is 0 Å². The Labute approximate surface area is 257 Å². The van der Waals surface area contributed by atoms with Crippen LogP contribution in [-0.2, 0) is 22.2 Å². The molecule has 4 heteroatoms. The highest BCUT2D eigenvalue weighted by atomic mass is 32.1. The van der Waals surface area contributed by atoms with Crippen molar-refractivity contribution in [2.45, 2.75) is 32.0 Å². The van der Waals surface area contributed by atoms with E-state index < -0.39 is 6.15 Å². The number of esters is 1. The third-order valence-electron chi connectivity index (χ3n) is 8.06. The summed E-state index contributed by atoms with van der Waals surface area (Å²) in [6, 6.07) is 53.3. The van der Waals surface area contributed by atoms with Crippen molar-refractivity contribution in [1.29, 1.82) is 0 Å². The minimum atomic E-state index is -0.913. The van der Waals surface area contributed by atoms with Crippen molar-refractivity contribution in [3.63, 3.8) is 0 Å². The van der Waals surface area contributed by atoms with E-state index >= 15 is 0 Å². The lowest BCUT2D eigenvalue weighted by Gasteiger charge is -2.43. The van der Waals surface area contributed by atoms with Crippen molar-refractivity contribution in [2.75, 3.05) is 12.4 Å². The molecule has 0 spiro atoms. The van der Waals surface area contributed by atoms with Crippen molar-refractivity contribution in [2.24, 2.45) is 0 Å². The molecule has 0 amide bonds. The van der Waals surface area contributed by atoms with E-state index in [4.69, 9.17) is 4.74 Å². The zero-order valence-corrected chi connectivity index (χ0v) is 25.4. The zero-order valence-electron chi connectivity index (χ0n) is 24.4. The third-order valence-corrected chi connectivity index (χ3v) is 8.34. The SMILES string of the molecule is CCCC[B-](c1ccccc1)(c1ccccc1)c1ccccc1.O=C(C[SH2+])OCC(c1ccccc1)c1ccccc1. The molecule has 5 rings (SSSR count). The van der Waals surface area contributed by atoms with Gasteiger partial charge in [0.25, 0.3) is 0 Å². The quantitative estimate of drug-likeness (QED) is 0.105. The van der Waals surface area contributed by atoms with E-state index in [1.807, 2.05) is 36.4 Å². The van der Waals surface area contributed by atoms with Gasteiger partial charge >= 0.3 is 5.97 Å². The summed E-state index contributed by atoms with van der Waals surface area (Å²) in [5.41, 5.74) is 6.63. The van der Waals surface area contributed by atoms with Gasteiger partial charge in [-0.2, -0.15) is 22.7 Å². The summed E-state index contributed by atoms with van der Waals surface area (Å²) >= 11 is 3.15. The van der Waals surface area contributed by atoms with Crippen LogP contribution < -0.4 is 16.4 Å². The molecule has 0 atom stereocenters. The molecule has 0 N–H and O–H groups in total. The summed E-state index contributed by atoms with van der Waals surface area (Å²) in [4.78, 5) is 11.3. The number of benzene rings is 5. The maximum atomic E-state index is 11.3. The molecule has 2 nitrogen and oxygen atoms in total. The summed E-state index contributed by atoms with van der Waals surface area (Å²) in [5.74, 6) is 0.0501. The highest BCUT2D eigenvalue weighted by Crippen LogP contribution is 2.24. The van der Waals surface area contributed by atoms with Crippen LogP contribution in [0.3, 0.4) is 0 Å². The predicted octanol–water partition coefficient (Wildman–Crippen LogP) is 6.33. The summed E-state index contributed by atoms with van der Waals surface area (Å²) in [6.45, 7) is 2.64. The zero-order chi connectivity index (χ0) is 29.5. The van der Waals surface area contributed by atoms with Gasteiger partial charge in [-0.15, -0.1) is 0 Å².